The third kappa shape index (κ3) is 2.38. The standard InChI is InChI=1S/C12H19N5O/c1-16-5-2-6-17(8-7-16)12(18)11-13-10(14-15-11)9-3-4-9/h9H,2-8H2,1H3,(H,13,14,15). The van der Waals surface area contributed by atoms with Crippen LogP contribution in [0.5, 0.6) is 0 Å². The van der Waals surface area contributed by atoms with Crippen molar-refractivity contribution in [3.63, 3.8) is 0 Å². The van der Waals surface area contributed by atoms with Crippen molar-refractivity contribution in [1.82, 2.24) is 25.0 Å². The zero-order valence-electron chi connectivity index (χ0n) is 10.7. The maximum absolute atomic E-state index is 12.3. The van der Waals surface area contributed by atoms with Gasteiger partial charge in [0.15, 0.2) is 0 Å². The number of nitrogens with one attached hydrogen (secondary N) is 1. The minimum absolute atomic E-state index is 0.0338. The topological polar surface area (TPSA) is 65.1 Å². The first-order valence-electron chi connectivity index (χ1n) is 6.64. The Morgan fingerprint density at radius 2 is 2.11 bits per heavy atom. The number of amides is 1. The van der Waals surface area contributed by atoms with Crippen LogP contribution in [-0.2, 0) is 0 Å². The lowest BCUT2D eigenvalue weighted by Crippen LogP contribution is -2.35. The predicted octanol–water partition coefficient (Wildman–Crippen LogP) is 0.460. The van der Waals surface area contributed by atoms with Crippen LogP contribution in [0.3, 0.4) is 0 Å². The molecule has 1 saturated heterocycles. The van der Waals surface area contributed by atoms with Crippen LogP contribution in [0.4, 0.5) is 0 Å². The fourth-order valence-corrected chi connectivity index (χ4v) is 2.30. The summed E-state index contributed by atoms with van der Waals surface area (Å²) < 4.78 is 0. The van der Waals surface area contributed by atoms with E-state index in [9.17, 15) is 4.79 Å². The van der Waals surface area contributed by atoms with Crippen molar-refractivity contribution in [2.75, 3.05) is 33.2 Å². The van der Waals surface area contributed by atoms with Crippen molar-refractivity contribution in [3.05, 3.63) is 11.6 Å². The van der Waals surface area contributed by atoms with Gasteiger partial charge in [-0.2, -0.15) is 0 Å². The molecule has 2 aliphatic rings. The highest BCUT2D eigenvalue weighted by Crippen LogP contribution is 2.37. The van der Waals surface area contributed by atoms with Gasteiger partial charge in [0, 0.05) is 25.6 Å². The van der Waals surface area contributed by atoms with Crippen molar-refractivity contribution in [1.29, 1.82) is 0 Å². The van der Waals surface area contributed by atoms with Gasteiger partial charge in [-0.15, -0.1) is 5.10 Å². The van der Waals surface area contributed by atoms with Crippen molar-refractivity contribution < 1.29 is 4.79 Å². The van der Waals surface area contributed by atoms with E-state index in [2.05, 4.69) is 27.1 Å². The van der Waals surface area contributed by atoms with Gasteiger partial charge in [-0.1, -0.05) is 0 Å². The fourth-order valence-electron chi connectivity index (χ4n) is 2.30. The number of hydrogen-bond acceptors (Lipinski definition) is 4. The molecule has 1 aromatic heterocycles. The Kier molecular flexibility index (Phi) is 3.03. The number of nitrogens with zero attached hydrogens (tertiary/aromatic N) is 4. The van der Waals surface area contributed by atoms with Gasteiger partial charge in [-0.3, -0.25) is 9.89 Å². The van der Waals surface area contributed by atoms with Gasteiger partial charge < -0.3 is 9.80 Å². The zero-order valence-corrected chi connectivity index (χ0v) is 10.7. The minimum atomic E-state index is -0.0338. The lowest BCUT2D eigenvalue weighted by molar-refractivity contribution is 0.0751. The lowest BCUT2D eigenvalue weighted by atomic mass is 10.3. The van der Waals surface area contributed by atoms with E-state index in [1.807, 2.05) is 4.90 Å². The van der Waals surface area contributed by atoms with Gasteiger partial charge in [0.1, 0.15) is 5.82 Å². The first kappa shape index (κ1) is 11.6. The van der Waals surface area contributed by atoms with E-state index in [-0.39, 0.29) is 5.91 Å². The van der Waals surface area contributed by atoms with Crippen molar-refractivity contribution in [2.24, 2.45) is 0 Å². The van der Waals surface area contributed by atoms with Crippen LogP contribution < -0.4 is 0 Å². The highest BCUT2D eigenvalue weighted by molar-refractivity contribution is 5.90. The Balaban J connectivity index is 1.68. The molecule has 2 fully saturated rings. The Bertz CT molecular complexity index is 439. The number of rotatable bonds is 2. The van der Waals surface area contributed by atoms with E-state index in [0.717, 1.165) is 51.3 Å². The number of carbonyl (C=O) groups is 1. The Morgan fingerprint density at radius 1 is 1.28 bits per heavy atom. The number of H-pyrrole nitrogens is 1. The molecule has 0 atom stereocenters. The summed E-state index contributed by atoms with van der Waals surface area (Å²) in [5.41, 5.74) is 0. The van der Waals surface area contributed by atoms with Gasteiger partial charge in [0.25, 0.3) is 5.91 Å². The molecule has 98 valence electrons. The van der Waals surface area contributed by atoms with Crippen molar-refractivity contribution in [2.45, 2.75) is 25.2 Å². The summed E-state index contributed by atoms with van der Waals surface area (Å²) in [6.07, 6.45) is 3.34. The molecule has 1 aliphatic heterocycles. The van der Waals surface area contributed by atoms with Gasteiger partial charge in [0.2, 0.25) is 5.82 Å². The van der Waals surface area contributed by atoms with Crippen LogP contribution in [0, 0.1) is 0 Å². The van der Waals surface area contributed by atoms with E-state index in [1.165, 1.54) is 0 Å². The van der Waals surface area contributed by atoms with E-state index < -0.39 is 0 Å². The molecule has 18 heavy (non-hydrogen) atoms. The second-order valence-electron chi connectivity index (χ2n) is 5.27. The molecule has 6 nitrogen and oxygen atoms in total. The molecule has 0 unspecified atom stereocenters. The second-order valence-corrected chi connectivity index (χ2v) is 5.27. The number of aromatic amines is 1. The summed E-state index contributed by atoms with van der Waals surface area (Å²) in [4.78, 5) is 20.7. The predicted molar refractivity (Wildman–Crippen MR) is 66.4 cm³/mol. The SMILES string of the molecule is CN1CCCN(C(=O)c2n[nH]c(C3CC3)n2)CC1. The van der Waals surface area contributed by atoms with Crippen LogP contribution >= 0.6 is 0 Å². The highest BCUT2D eigenvalue weighted by atomic mass is 16.2. The second kappa shape index (κ2) is 4.68. The molecule has 6 heteroatoms. The average molecular weight is 249 g/mol. The molecule has 0 aromatic carbocycles. The third-order valence-electron chi connectivity index (χ3n) is 3.66. The number of aromatic nitrogens is 3. The normalized spacial score (nSPS) is 21.9. The lowest BCUT2D eigenvalue weighted by Gasteiger charge is -2.18. The van der Waals surface area contributed by atoms with Gasteiger partial charge in [-0.25, -0.2) is 4.98 Å². The molecule has 1 N–H and O–H groups in total. The van der Waals surface area contributed by atoms with E-state index >= 15 is 0 Å². The molecular formula is C12H19N5O. The van der Waals surface area contributed by atoms with Crippen molar-refractivity contribution in [3.8, 4) is 0 Å². The molecule has 2 heterocycles. The maximum atomic E-state index is 12.3. The Labute approximate surface area is 106 Å². The summed E-state index contributed by atoms with van der Waals surface area (Å²) in [5, 5.41) is 6.95. The summed E-state index contributed by atoms with van der Waals surface area (Å²) in [6.45, 7) is 3.54. The molecule has 1 amide bonds. The first-order valence-corrected chi connectivity index (χ1v) is 6.64. The number of hydrogen-bond donors (Lipinski definition) is 1. The molecule has 1 aromatic rings. The Morgan fingerprint density at radius 3 is 2.89 bits per heavy atom. The molecule has 1 aliphatic carbocycles. The molecule has 0 radical (unpaired) electrons. The van der Waals surface area contributed by atoms with Gasteiger partial charge in [-0.05, 0) is 32.9 Å². The van der Waals surface area contributed by atoms with Crippen LogP contribution in [0.25, 0.3) is 0 Å². The monoisotopic (exact) mass is 249 g/mol. The quantitative estimate of drug-likeness (QED) is 0.827. The van der Waals surface area contributed by atoms with Crippen LogP contribution in [0.1, 0.15) is 41.6 Å². The summed E-state index contributed by atoms with van der Waals surface area (Å²) in [6, 6.07) is 0. The molecule has 0 spiro atoms. The Hall–Kier alpha value is -1.43. The third-order valence-corrected chi connectivity index (χ3v) is 3.66. The van der Waals surface area contributed by atoms with Gasteiger partial charge >= 0.3 is 0 Å². The number of likely N-dealkylation sites (N-methyl/N-ethyl adjacent to an activating group) is 1. The van der Waals surface area contributed by atoms with Crippen molar-refractivity contribution >= 4 is 5.91 Å². The highest BCUT2D eigenvalue weighted by Gasteiger charge is 2.29. The van der Waals surface area contributed by atoms with Gasteiger partial charge in [0.05, 0.1) is 0 Å². The summed E-state index contributed by atoms with van der Waals surface area (Å²) in [7, 11) is 2.09. The average Bonchev–Trinajstić information content (AvgIpc) is 3.14. The molecule has 0 bridgehead atoms. The summed E-state index contributed by atoms with van der Waals surface area (Å²) in [5.74, 6) is 1.69. The van der Waals surface area contributed by atoms with Crippen LogP contribution in [-0.4, -0.2) is 64.1 Å². The van der Waals surface area contributed by atoms with E-state index in [4.69, 9.17) is 0 Å². The largest absolute Gasteiger partial charge is 0.335 e. The maximum Gasteiger partial charge on any atom is 0.293 e. The molecular weight excluding hydrogens is 230 g/mol. The number of carbonyl (C=O) groups excluding carboxylic acids is 1. The van der Waals surface area contributed by atoms with Crippen LogP contribution in [0.15, 0.2) is 0 Å². The fraction of sp³-hybridized carbons (Fsp3) is 0.750. The zero-order chi connectivity index (χ0) is 12.5. The molecule has 3 rings (SSSR count). The molecule has 1 saturated carbocycles. The summed E-state index contributed by atoms with van der Waals surface area (Å²) >= 11 is 0. The van der Waals surface area contributed by atoms with E-state index in [0.29, 0.717) is 11.7 Å². The smallest absolute Gasteiger partial charge is 0.293 e. The van der Waals surface area contributed by atoms with Crippen LogP contribution in [0.2, 0.25) is 0 Å². The minimum Gasteiger partial charge on any atom is -0.335 e. The van der Waals surface area contributed by atoms with E-state index in [1.54, 1.807) is 0 Å². The first-order chi connectivity index (χ1) is 8.74.